The lowest BCUT2D eigenvalue weighted by molar-refractivity contribution is -0.154. The van der Waals surface area contributed by atoms with Crippen molar-refractivity contribution in [2.75, 3.05) is 62.9 Å². The van der Waals surface area contributed by atoms with Crippen LogP contribution in [-0.4, -0.2) is 97.0 Å². The number of benzene rings is 1. The molecule has 4 rings (SSSR count). The van der Waals surface area contributed by atoms with E-state index in [1.54, 1.807) is 6.07 Å². The van der Waals surface area contributed by atoms with Gasteiger partial charge in [0, 0.05) is 44.5 Å². The molecule has 37 heavy (non-hydrogen) atoms. The van der Waals surface area contributed by atoms with Crippen molar-refractivity contribution in [1.82, 2.24) is 24.2 Å². The molecule has 0 saturated carbocycles. The van der Waals surface area contributed by atoms with Gasteiger partial charge in [0.25, 0.3) is 0 Å². The Morgan fingerprint density at radius 2 is 1.78 bits per heavy atom. The third-order valence-electron chi connectivity index (χ3n) is 5.93. The van der Waals surface area contributed by atoms with E-state index in [-0.39, 0.29) is 17.9 Å². The monoisotopic (exact) mass is 545 g/mol. The Bertz CT molecular complexity index is 1160. The first kappa shape index (κ1) is 27.3. The van der Waals surface area contributed by atoms with E-state index in [1.807, 2.05) is 18.2 Å². The summed E-state index contributed by atoms with van der Waals surface area (Å²) in [5, 5.41) is 6.11. The van der Waals surface area contributed by atoms with Gasteiger partial charge in [-0.05, 0) is 30.5 Å². The van der Waals surface area contributed by atoms with Crippen LogP contribution in [0.15, 0.2) is 24.3 Å². The van der Waals surface area contributed by atoms with Crippen molar-refractivity contribution in [2.45, 2.75) is 31.6 Å². The Morgan fingerprint density at radius 3 is 2.46 bits per heavy atom. The molecule has 2 fully saturated rings. The molecule has 15 heteroatoms. The van der Waals surface area contributed by atoms with Crippen molar-refractivity contribution in [3.8, 4) is 6.01 Å². The van der Waals surface area contributed by atoms with Crippen LogP contribution in [0.2, 0.25) is 0 Å². The maximum atomic E-state index is 12.7. The number of nitrogens with zero attached hydrogens (tertiary/aromatic N) is 5. The van der Waals surface area contributed by atoms with Gasteiger partial charge in [-0.3, -0.25) is 4.90 Å². The minimum absolute atomic E-state index is 0.0202. The molecule has 0 unspecified atom stereocenters. The van der Waals surface area contributed by atoms with Gasteiger partial charge in [-0.1, -0.05) is 12.1 Å². The van der Waals surface area contributed by atoms with E-state index in [9.17, 15) is 21.6 Å². The number of aromatic nitrogens is 3. The first-order valence-corrected chi connectivity index (χ1v) is 13.7. The molecule has 3 heterocycles. The molecule has 11 nitrogen and oxygen atoms in total. The number of hydrogen-bond acceptors (Lipinski definition) is 10. The van der Waals surface area contributed by atoms with Crippen LogP contribution in [0.5, 0.6) is 6.01 Å². The quantitative estimate of drug-likeness (QED) is 0.485. The lowest BCUT2D eigenvalue weighted by Gasteiger charge is -2.30. The fourth-order valence-electron chi connectivity index (χ4n) is 4.10. The highest BCUT2D eigenvalue weighted by molar-refractivity contribution is 7.88. The summed E-state index contributed by atoms with van der Waals surface area (Å²) >= 11 is 0. The van der Waals surface area contributed by atoms with Crippen LogP contribution in [0, 0.1) is 0 Å². The van der Waals surface area contributed by atoms with Crippen molar-refractivity contribution < 1.29 is 31.1 Å². The number of piperidine rings is 1. The molecule has 0 bridgehead atoms. The fraction of sp³-hybridized carbons (Fsp3) is 0.591. The van der Waals surface area contributed by atoms with Crippen LogP contribution in [0.1, 0.15) is 18.4 Å². The van der Waals surface area contributed by atoms with Crippen molar-refractivity contribution in [1.29, 1.82) is 0 Å². The van der Waals surface area contributed by atoms with Crippen LogP contribution in [0.3, 0.4) is 0 Å². The van der Waals surface area contributed by atoms with E-state index in [4.69, 9.17) is 9.47 Å². The maximum absolute atomic E-state index is 12.7. The minimum atomic E-state index is -4.56. The molecule has 0 amide bonds. The zero-order valence-corrected chi connectivity index (χ0v) is 21.2. The van der Waals surface area contributed by atoms with Gasteiger partial charge in [0.1, 0.15) is 0 Å². The summed E-state index contributed by atoms with van der Waals surface area (Å²) in [5.41, 5.74) is 1.71. The van der Waals surface area contributed by atoms with Gasteiger partial charge in [0.2, 0.25) is 21.9 Å². The van der Waals surface area contributed by atoms with Gasteiger partial charge in [0.05, 0.1) is 19.5 Å². The van der Waals surface area contributed by atoms with Gasteiger partial charge in [-0.15, -0.1) is 0 Å². The number of rotatable bonds is 9. The van der Waals surface area contributed by atoms with E-state index in [0.717, 1.165) is 31.5 Å². The molecule has 0 radical (unpaired) electrons. The number of morpholine rings is 1. The van der Waals surface area contributed by atoms with E-state index in [2.05, 4.69) is 30.5 Å². The molecule has 1 aromatic carbocycles. The average Bonchev–Trinajstić information content (AvgIpc) is 2.83. The molecule has 2 N–H and O–H groups in total. The van der Waals surface area contributed by atoms with E-state index < -0.39 is 28.8 Å². The van der Waals surface area contributed by atoms with Gasteiger partial charge >= 0.3 is 12.2 Å². The number of alkyl halides is 3. The van der Waals surface area contributed by atoms with Crippen LogP contribution in [0.4, 0.5) is 30.8 Å². The summed E-state index contributed by atoms with van der Waals surface area (Å²) in [6.07, 6.45) is -2.42. The summed E-state index contributed by atoms with van der Waals surface area (Å²) in [7, 11) is -3.29. The number of hydrogen-bond donors (Lipinski definition) is 2. The Hall–Kier alpha value is -2.75. The highest BCUT2D eigenvalue weighted by Crippen LogP contribution is 2.23. The van der Waals surface area contributed by atoms with E-state index in [0.29, 0.717) is 44.8 Å². The Labute approximate surface area is 213 Å². The lowest BCUT2D eigenvalue weighted by atomic mass is 10.1. The predicted octanol–water partition coefficient (Wildman–Crippen LogP) is 2.22. The number of anilines is 3. The largest absolute Gasteiger partial charge is 0.454 e. The average molecular weight is 546 g/mol. The molecular weight excluding hydrogens is 515 g/mol. The summed E-state index contributed by atoms with van der Waals surface area (Å²) in [4.78, 5) is 14.6. The van der Waals surface area contributed by atoms with Crippen LogP contribution < -0.4 is 15.4 Å². The van der Waals surface area contributed by atoms with Crippen molar-refractivity contribution in [3.05, 3.63) is 29.8 Å². The van der Waals surface area contributed by atoms with Gasteiger partial charge in [-0.2, -0.15) is 28.1 Å². The summed E-state index contributed by atoms with van der Waals surface area (Å²) < 4.78 is 73.3. The minimum Gasteiger partial charge on any atom is -0.454 e. The number of halogens is 3. The molecule has 0 aliphatic carbocycles. The summed E-state index contributed by atoms with van der Waals surface area (Å²) in [6.45, 7) is 2.87. The van der Waals surface area contributed by atoms with Crippen molar-refractivity contribution >= 4 is 27.6 Å². The zero-order valence-electron chi connectivity index (χ0n) is 20.4. The zero-order chi connectivity index (χ0) is 26.5. The summed E-state index contributed by atoms with van der Waals surface area (Å²) in [5.74, 6) is 0.0590. The summed E-state index contributed by atoms with van der Waals surface area (Å²) in [6, 6.07) is 6.94. The van der Waals surface area contributed by atoms with E-state index in [1.165, 1.54) is 4.31 Å². The Morgan fingerprint density at radius 1 is 1.08 bits per heavy atom. The second-order valence-corrected chi connectivity index (χ2v) is 10.9. The molecule has 2 saturated heterocycles. The molecule has 2 aliphatic rings. The molecule has 2 aliphatic heterocycles. The SMILES string of the molecule is CS(=O)(=O)N1CCC(Nc2nc(Nc3cccc(CN4CCOCC4)c3)nc(OCC(F)(F)F)n2)CC1. The first-order chi connectivity index (χ1) is 17.5. The highest BCUT2D eigenvalue weighted by atomic mass is 32.2. The predicted molar refractivity (Wildman–Crippen MR) is 130 cm³/mol. The normalized spacial score (nSPS) is 18.5. The molecule has 1 aromatic heterocycles. The fourth-order valence-corrected chi connectivity index (χ4v) is 4.97. The molecular formula is C22H30F3N7O4S. The van der Waals surface area contributed by atoms with Crippen LogP contribution >= 0.6 is 0 Å². The maximum Gasteiger partial charge on any atom is 0.422 e. The van der Waals surface area contributed by atoms with E-state index >= 15 is 0 Å². The molecule has 204 valence electrons. The molecule has 0 spiro atoms. The van der Waals surface area contributed by atoms with Crippen molar-refractivity contribution in [3.63, 3.8) is 0 Å². The van der Waals surface area contributed by atoms with Crippen molar-refractivity contribution in [2.24, 2.45) is 0 Å². The number of sulfonamides is 1. The smallest absolute Gasteiger partial charge is 0.422 e. The third kappa shape index (κ3) is 8.66. The number of ether oxygens (including phenoxy) is 2. The topological polar surface area (TPSA) is 122 Å². The highest BCUT2D eigenvalue weighted by Gasteiger charge is 2.30. The second-order valence-electron chi connectivity index (χ2n) is 8.96. The Balaban J connectivity index is 1.47. The van der Waals surface area contributed by atoms with Gasteiger partial charge in [0.15, 0.2) is 6.61 Å². The number of nitrogens with one attached hydrogen (secondary N) is 2. The van der Waals surface area contributed by atoms with Crippen LogP contribution in [0.25, 0.3) is 0 Å². The molecule has 2 aromatic rings. The second kappa shape index (κ2) is 11.8. The van der Waals surface area contributed by atoms with Gasteiger partial charge < -0.3 is 20.1 Å². The molecule has 0 atom stereocenters. The van der Waals surface area contributed by atoms with Gasteiger partial charge in [-0.25, -0.2) is 12.7 Å². The third-order valence-corrected chi connectivity index (χ3v) is 7.23. The first-order valence-electron chi connectivity index (χ1n) is 11.9. The van der Waals surface area contributed by atoms with Crippen LogP contribution in [-0.2, 0) is 21.3 Å². The standard InChI is InChI=1S/C22H30F3N7O4S/c1-37(33,34)32-7-5-17(6-8-32)26-19-28-20(30-21(29-19)36-15-22(23,24)25)27-18-4-2-3-16(13-18)14-31-9-11-35-12-10-31/h2-4,13,17H,5-12,14-15H2,1H3,(H2,26,27,28,29,30). The Kier molecular flexibility index (Phi) is 8.67. The lowest BCUT2D eigenvalue weighted by Crippen LogP contribution is -2.42.